The first-order chi connectivity index (χ1) is 9.45. The Balaban J connectivity index is 3.14. The molecule has 0 aliphatic rings. The smallest absolute Gasteiger partial charge is 0.417 e. The number of benzene rings is 1. The summed E-state index contributed by atoms with van der Waals surface area (Å²) < 4.78 is 43.0. The average molecular weight is 321 g/mol. The SMILES string of the molecule is CC(C)(C)OC(=O)Nc1ccc(C(F)(F)F)c(Cl)c1C#N. The van der Waals surface area contributed by atoms with Crippen molar-refractivity contribution in [1.29, 1.82) is 5.26 Å². The molecule has 1 N–H and O–H groups in total. The molecule has 0 spiro atoms. The molecule has 0 heterocycles. The Bertz CT molecular complexity index is 601. The molecule has 114 valence electrons. The predicted octanol–water partition coefficient (Wildman–Crippen LogP) is 4.58. The quantitative estimate of drug-likeness (QED) is 0.824. The van der Waals surface area contributed by atoms with Crippen molar-refractivity contribution in [3.8, 4) is 6.07 Å². The van der Waals surface area contributed by atoms with Crippen LogP contribution in [0.2, 0.25) is 5.02 Å². The van der Waals surface area contributed by atoms with Crippen LogP contribution in [0.4, 0.5) is 23.7 Å². The minimum Gasteiger partial charge on any atom is -0.444 e. The number of hydrogen-bond acceptors (Lipinski definition) is 3. The predicted molar refractivity (Wildman–Crippen MR) is 71.0 cm³/mol. The van der Waals surface area contributed by atoms with Gasteiger partial charge in [0.1, 0.15) is 11.7 Å². The number of nitrogens with one attached hydrogen (secondary N) is 1. The molecule has 0 bridgehead atoms. The normalized spacial score (nSPS) is 11.7. The van der Waals surface area contributed by atoms with Gasteiger partial charge >= 0.3 is 12.3 Å². The Morgan fingerprint density at radius 2 is 1.90 bits per heavy atom. The lowest BCUT2D eigenvalue weighted by Crippen LogP contribution is -2.27. The van der Waals surface area contributed by atoms with Gasteiger partial charge in [0, 0.05) is 0 Å². The number of hydrogen-bond donors (Lipinski definition) is 1. The van der Waals surface area contributed by atoms with Crippen molar-refractivity contribution in [3.63, 3.8) is 0 Å². The van der Waals surface area contributed by atoms with Crippen LogP contribution in [0.3, 0.4) is 0 Å². The summed E-state index contributed by atoms with van der Waals surface area (Å²) in [5, 5.41) is 10.4. The van der Waals surface area contributed by atoms with E-state index >= 15 is 0 Å². The van der Waals surface area contributed by atoms with Crippen molar-refractivity contribution in [1.82, 2.24) is 0 Å². The van der Waals surface area contributed by atoms with E-state index in [1.165, 1.54) is 0 Å². The number of rotatable bonds is 1. The summed E-state index contributed by atoms with van der Waals surface area (Å²) in [5.74, 6) is 0. The lowest BCUT2D eigenvalue weighted by Gasteiger charge is -2.20. The van der Waals surface area contributed by atoms with Gasteiger partial charge in [0.05, 0.1) is 21.8 Å². The fraction of sp³-hybridized carbons (Fsp3) is 0.385. The fourth-order valence-corrected chi connectivity index (χ4v) is 1.74. The third-order valence-electron chi connectivity index (χ3n) is 2.19. The van der Waals surface area contributed by atoms with Crippen LogP contribution in [-0.2, 0) is 10.9 Å². The molecule has 0 fully saturated rings. The summed E-state index contributed by atoms with van der Waals surface area (Å²) in [6, 6.07) is 3.19. The maximum atomic E-state index is 12.7. The van der Waals surface area contributed by atoms with E-state index in [4.69, 9.17) is 21.6 Å². The maximum Gasteiger partial charge on any atom is 0.417 e. The zero-order chi connectivity index (χ0) is 16.4. The Kier molecular flexibility index (Phi) is 4.74. The van der Waals surface area contributed by atoms with E-state index < -0.39 is 34.0 Å². The van der Waals surface area contributed by atoms with Crippen molar-refractivity contribution in [2.45, 2.75) is 32.5 Å². The van der Waals surface area contributed by atoms with Gasteiger partial charge in [-0.2, -0.15) is 18.4 Å². The summed E-state index contributed by atoms with van der Waals surface area (Å²) in [4.78, 5) is 11.6. The molecule has 0 unspecified atom stereocenters. The van der Waals surface area contributed by atoms with E-state index in [0.717, 1.165) is 6.07 Å². The zero-order valence-corrected chi connectivity index (χ0v) is 12.2. The van der Waals surface area contributed by atoms with E-state index in [1.807, 2.05) is 0 Å². The maximum absolute atomic E-state index is 12.7. The van der Waals surface area contributed by atoms with Crippen LogP contribution in [0, 0.1) is 11.3 Å². The molecular weight excluding hydrogens is 309 g/mol. The monoisotopic (exact) mass is 320 g/mol. The fourth-order valence-electron chi connectivity index (χ4n) is 1.42. The number of ether oxygens (including phenoxy) is 1. The highest BCUT2D eigenvalue weighted by Gasteiger charge is 2.35. The van der Waals surface area contributed by atoms with E-state index in [0.29, 0.717) is 6.07 Å². The first-order valence-corrected chi connectivity index (χ1v) is 6.13. The number of alkyl halides is 3. The third kappa shape index (κ3) is 4.53. The van der Waals surface area contributed by atoms with Crippen LogP contribution in [0.1, 0.15) is 31.9 Å². The number of halogens is 4. The Morgan fingerprint density at radius 1 is 1.33 bits per heavy atom. The molecule has 0 aromatic heterocycles. The van der Waals surface area contributed by atoms with Crippen molar-refractivity contribution in [2.24, 2.45) is 0 Å². The molecular formula is C13H12ClF3N2O2. The molecule has 1 amide bonds. The van der Waals surface area contributed by atoms with Gasteiger partial charge in [-0.05, 0) is 32.9 Å². The van der Waals surface area contributed by atoms with E-state index in [2.05, 4.69) is 5.32 Å². The van der Waals surface area contributed by atoms with Crippen molar-refractivity contribution in [3.05, 3.63) is 28.3 Å². The molecule has 0 saturated carbocycles. The summed E-state index contributed by atoms with van der Waals surface area (Å²) >= 11 is 5.58. The van der Waals surface area contributed by atoms with Gasteiger partial charge in [0.2, 0.25) is 0 Å². The molecule has 4 nitrogen and oxygen atoms in total. The van der Waals surface area contributed by atoms with Crippen molar-refractivity contribution < 1.29 is 22.7 Å². The molecule has 8 heteroatoms. The lowest BCUT2D eigenvalue weighted by atomic mass is 10.1. The minimum atomic E-state index is -4.69. The summed E-state index contributed by atoms with van der Waals surface area (Å²) in [7, 11) is 0. The van der Waals surface area contributed by atoms with Crippen LogP contribution in [-0.4, -0.2) is 11.7 Å². The standard InChI is InChI=1S/C13H12ClF3N2O2/c1-12(2,3)21-11(20)19-9-5-4-8(13(15,16)17)10(14)7(9)6-18/h4-5H,1-3H3,(H,19,20). The van der Waals surface area contributed by atoms with Crippen LogP contribution in [0.5, 0.6) is 0 Å². The van der Waals surface area contributed by atoms with Gasteiger partial charge in [-0.1, -0.05) is 11.6 Å². The highest BCUT2D eigenvalue weighted by atomic mass is 35.5. The molecule has 0 atom stereocenters. The second kappa shape index (κ2) is 5.82. The molecule has 0 saturated heterocycles. The van der Waals surface area contributed by atoms with E-state index in [1.54, 1.807) is 26.8 Å². The highest BCUT2D eigenvalue weighted by Crippen LogP contribution is 2.38. The average Bonchev–Trinajstić information content (AvgIpc) is 2.24. The molecule has 1 aromatic rings. The van der Waals surface area contributed by atoms with Gasteiger partial charge in [-0.15, -0.1) is 0 Å². The molecule has 0 radical (unpaired) electrons. The third-order valence-corrected chi connectivity index (χ3v) is 2.59. The van der Waals surface area contributed by atoms with Gasteiger partial charge in [0.25, 0.3) is 0 Å². The molecule has 0 aliphatic heterocycles. The van der Waals surface area contributed by atoms with Gasteiger partial charge < -0.3 is 4.74 Å². The highest BCUT2D eigenvalue weighted by molar-refractivity contribution is 6.33. The first-order valence-electron chi connectivity index (χ1n) is 5.75. The second-order valence-electron chi connectivity index (χ2n) is 5.09. The molecule has 0 aliphatic carbocycles. The van der Waals surface area contributed by atoms with Crippen LogP contribution >= 0.6 is 11.6 Å². The van der Waals surface area contributed by atoms with Gasteiger partial charge in [-0.25, -0.2) is 4.79 Å². The van der Waals surface area contributed by atoms with E-state index in [9.17, 15) is 18.0 Å². The number of carbonyl (C=O) groups excluding carboxylic acids is 1. The number of anilines is 1. The van der Waals surface area contributed by atoms with E-state index in [-0.39, 0.29) is 5.69 Å². The largest absolute Gasteiger partial charge is 0.444 e. The van der Waals surface area contributed by atoms with Crippen LogP contribution in [0.25, 0.3) is 0 Å². The Labute approximate surface area is 124 Å². The Hall–Kier alpha value is -1.94. The topological polar surface area (TPSA) is 62.1 Å². The number of amides is 1. The number of nitriles is 1. The summed E-state index contributed by atoms with van der Waals surface area (Å²) in [6.45, 7) is 4.87. The number of carbonyl (C=O) groups is 1. The Morgan fingerprint density at radius 3 is 2.33 bits per heavy atom. The minimum absolute atomic E-state index is 0.148. The van der Waals surface area contributed by atoms with Gasteiger partial charge in [0.15, 0.2) is 0 Å². The molecule has 1 aromatic carbocycles. The zero-order valence-electron chi connectivity index (χ0n) is 11.4. The number of nitrogens with zero attached hydrogens (tertiary/aromatic N) is 1. The van der Waals surface area contributed by atoms with Crippen molar-refractivity contribution in [2.75, 3.05) is 5.32 Å². The van der Waals surface area contributed by atoms with Crippen molar-refractivity contribution >= 4 is 23.4 Å². The van der Waals surface area contributed by atoms with Gasteiger partial charge in [-0.3, -0.25) is 5.32 Å². The van der Waals surface area contributed by atoms with Crippen LogP contribution < -0.4 is 5.32 Å². The van der Waals surface area contributed by atoms with Crippen LogP contribution in [0.15, 0.2) is 12.1 Å². The summed E-state index contributed by atoms with van der Waals surface area (Å²) in [5.41, 5.74) is -2.55. The first kappa shape index (κ1) is 17.1. The molecule has 21 heavy (non-hydrogen) atoms. The summed E-state index contributed by atoms with van der Waals surface area (Å²) in [6.07, 6.45) is -5.58. The second-order valence-corrected chi connectivity index (χ2v) is 5.46. The molecule has 1 rings (SSSR count). The lowest BCUT2D eigenvalue weighted by molar-refractivity contribution is -0.137.